The van der Waals surface area contributed by atoms with Crippen LogP contribution in [0.3, 0.4) is 0 Å². The third-order valence-corrected chi connectivity index (χ3v) is 3.07. The quantitative estimate of drug-likeness (QED) is 0.881. The molecule has 1 N–H and O–H groups in total. The van der Waals surface area contributed by atoms with Crippen LogP contribution < -0.4 is 4.74 Å². The molecule has 6 nitrogen and oxygen atoms in total. The molecule has 21 heavy (non-hydrogen) atoms. The number of aromatic hydroxyl groups is 1. The molecule has 0 amide bonds. The maximum atomic E-state index is 9.80. The highest BCUT2D eigenvalue weighted by molar-refractivity contribution is 5.59. The van der Waals surface area contributed by atoms with Gasteiger partial charge in [0.2, 0.25) is 5.82 Å². The first-order valence-corrected chi connectivity index (χ1v) is 6.89. The fourth-order valence-electron chi connectivity index (χ4n) is 2.04. The van der Waals surface area contributed by atoms with Gasteiger partial charge >= 0.3 is 0 Å². The zero-order valence-corrected chi connectivity index (χ0v) is 12.7. The van der Waals surface area contributed by atoms with Crippen molar-refractivity contribution < 1.29 is 19.1 Å². The van der Waals surface area contributed by atoms with Crippen molar-refractivity contribution in [3.63, 3.8) is 0 Å². The normalized spacial score (nSPS) is 12.6. The lowest BCUT2D eigenvalue weighted by Crippen LogP contribution is -2.12. The maximum absolute atomic E-state index is 9.80. The molecule has 0 saturated heterocycles. The highest BCUT2D eigenvalue weighted by atomic mass is 16.5. The van der Waals surface area contributed by atoms with Gasteiger partial charge in [-0.3, -0.25) is 0 Å². The molecular formula is C15H20N2O4. The van der Waals surface area contributed by atoms with Crippen molar-refractivity contribution >= 4 is 0 Å². The summed E-state index contributed by atoms with van der Waals surface area (Å²) in [5, 5.41) is 13.8. The third kappa shape index (κ3) is 3.33. The van der Waals surface area contributed by atoms with Crippen LogP contribution in [-0.2, 0) is 4.74 Å². The Balaban J connectivity index is 2.28. The molecule has 0 aliphatic carbocycles. The van der Waals surface area contributed by atoms with Gasteiger partial charge in [-0.2, -0.15) is 4.98 Å². The van der Waals surface area contributed by atoms with Crippen LogP contribution in [0.2, 0.25) is 0 Å². The number of ether oxygens (including phenoxy) is 2. The first-order valence-electron chi connectivity index (χ1n) is 6.89. The monoisotopic (exact) mass is 292 g/mol. The summed E-state index contributed by atoms with van der Waals surface area (Å²) < 4.78 is 15.9. The second kappa shape index (κ2) is 6.58. The molecule has 0 aliphatic heterocycles. The van der Waals surface area contributed by atoms with Gasteiger partial charge in [-0.25, -0.2) is 0 Å². The van der Waals surface area contributed by atoms with E-state index >= 15 is 0 Å². The van der Waals surface area contributed by atoms with Gasteiger partial charge in [0.15, 0.2) is 11.5 Å². The van der Waals surface area contributed by atoms with Gasteiger partial charge in [0.1, 0.15) is 6.10 Å². The van der Waals surface area contributed by atoms with Crippen molar-refractivity contribution in [2.75, 3.05) is 13.7 Å². The minimum Gasteiger partial charge on any atom is -0.504 e. The molecule has 0 saturated carbocycles. The Labute approximate surface area is 123 Å². The number of aromatic nitrogens is 2. The van der Waals surface area contributed by atoms with Gasteiger partial charge in [0.25, 0.3) is 5.89 Å². The predicted octanol–water partition coefficient (Wildman–Crippen LogP) is 3.18. The zero-order chi connectivity index (χ0) is 15.4. The lowest BCUT2D eigenvalue weighted by atomic mass is 10.1. The van der Waals surface area contributed by atoms with Gasteiger partial charge < -0.3 is 19.1 Å². The Morgan fingerprint density at radius 3 is 2.67 bits per heavy atom. The van der Waals surface area contributed by atoms with Crippen LogP contribution in [0.15, 0.2) is 22.7 Å². The van der Waals surface area contributed by atoms with E-state index in [1.54, 1.807) is 12.1 Å². The molecule has 2 aromatic rings. The van der Waals surface area contributed by atoms with Crippen molar-refractivity contribution in [1.82, 2.24) is 10.1 Å². The van der Waals surface area contributed by atoms with Gasteiger partial charge in [0, 0.05) is 12.2 Å². The van der Waals surface area contributed by atoms with Crippen LogP contribution in [0.25, 0.3) is 11.5 Å². The third-order valence-electron chi connectivity index (χ3n) is 3.07. The topological polar surface area (TPSA) is 77.6 Å². The Kier molecular flexibility index (Phi) is 4.80. The highest BCUT2D eigenvalue weighted by Crippen LogP contribution is 2.32. The Morgan fingerprint density at radius 1 is 1.33 bits per heavy atom. The predicted molar refractivity (Wildman–Crippen MR) is 77.2 cm³/mol. The molecule has 0 spiro atoms. The molecule has 6 heteroatoms. The summed E-state index contributed by atoms with van der Waals surface area (Å²) in [6.07, 6.45) is -0.209. The van der Waals surface area contributed by atoms with Gasteiger partial charge in [-0.15, -0.1) is 0 Å². The summed E-state index contributed by atoms with van der Waals surface area (Å²) >= 11 is 0. The SMILES string of the molecule is CCOC(c1noc(-c2ccc(OC)c(O)c2)n1)C(C)C. The molecule has 0 fully saturated rings. The second-order valence-corrected chi connectivity index (χ2v) is 4.96. The summed E-state index contributed by atoms with van der Waals surface area (Å²) in [4.78, 5) is 4.36. The van der Waals surface area contributed by atoms with Crippen molar-refractivity contribution in [3.8, 4) is 23.0 Å². The number of rotatable bonds is 6. The molecule has 114 valence electrons. The maximum Gasteiger partial charge on any atom is 0.258 e. The number of benzene rings is 1. The molecule has 1 aromatic carbocycles. The lowest BCUT2D eigenvalue weighted by Gasteiger charge is -2.16. The van der Waals surface area contributed by atoms with Crippen molar-refractivity contribution in [2.45, 2.75) is 26.9 Å². The number of hydrogen-bond acceptors (Lipinski definition) is 6. The Morgan fingerprint density at radius 2 is 2.10 bits per heavy atom. The van der Waals surface area contributed by atoms with Crippen LogP contribution in [0.4, 0.5) is 0 Å². The summed E-state index contributed by atoms with van der Waals surface area (Å²) in [5.74, 6) is 1.51. The van der Waals surface area contributed by atoms with E-state index < -0.39 is 0 Å². The van der Waals surface area contributed by atoms with E-state index in [0.717, 1.165) is 0 Å². The summed E-state index contributed by atoms with van der Waals surface area (Å²) in [6.45, 7) is 6.58. The van der Waals surface area contributed by atoms with Crippen LogP contribution >= 0.6 is 0 Å². The molecule has 0 aliphatic rings. The Hall–Kier alpha value is -2.08. The molecule has 0 bridgehead atoms. The fourth-order valence-corrected chi connectivity index (χ4v) is 2.04. The summed E-state index contributed by atoms with van der Waals surface area (Å²) in [7, 11) is 1.49. The van der Waals surface area contributed by atoms with E-state index in [4.69, 9.17) is 14.0 Å². The minimum absolute atomic E-state index is 0.0277. The minimum atomic E-state index is -0.209. The Bertz CT molecular complexity index is 595. The molecule has 1 atom stereocenters. The van der Waals surface area contributed by atoms with Gasteiger partial charge in [0.05, 0.1) is 7.11 Å². The zero-order valence-electron chi connectivity index (χ0n) is 12.7. The first kappa shape index (κ1) is 15.3. The second-order valence-electron chi connectivity index (χ2n) is 4.96. The smallest absolute Gasteiger partial charge is 0.258 e. The number of phenolic OH excluding ortho intramolecular Hbond substituents is 1. The number of nitrogens with zero attached hydrogens (tertiary/aromatic N) is 2. The average Bonchev–Trinajstić information content (AvgIpc) is 2.93. The standard InChI is InChI=1S/C15H20N2O4/c1-5-20-13(9(2)3)14-16-15(21-17-14)10-6-7-12(19-4)11(18)8-10/h6-9,13,18H,5H2,1-4H3. The number of phenols is 1. The molecule has 1 unspecified atom stereocenters. The lowest BCUT2D eigenvalue weighted by molar-refractivity contribution is 0.0217. The highest BCUT2D eigenvalue weighted by Gasteiger charge is 2.22. The van der Waals surface area contributed by atoms with Crippen LogP contribution in [-0.4, -0.2) is 29.0 Å². The average molecular weight is 292 g/mol. The fraction of sp³-hybridized carbons (Fsp3) is 0.467. The van der Waals surface area contributed by atoms with Crippen LogP contribution in [0.1, 0.15) is 32.7 Å². The molecule has 2 rings (SSSR count). The summed E-state index contributed by atoms with van der Waals surface area (Å²) in [5.41, 5.74) is 0.631. The van der Waals surface area contributed by atoms with Gasteiger partial charge in [-0.1, -0.05) is 19.0 Å². The first-order chi connectivity index (χ1) is 10.1. The van der Waals surface area contributed by atoms with E-state index in [1.165, 1.54) is 13.2 Å². The van der Waals surface area contributed by atoms with Crippen molar-refractivity contribution in [3.05, 3.63) is 24.0 Å². The molecule has 1 aromatic heterocycles. The van der Waals surface area contributed by atoms with Crippen LogP contribution in [0, 0.1) is 5.92 Å². The molecule has 1 heterocycles. The van der Waals surface area contributed by atoms with Crippen LogP contribution in [0.5, 0.6) is 11.5 Å². The molecule has 0 radical (unpaired) electrons. The van der Waals surface area contributed by atoms with E-state index in [2.05, 4.69) is 10.1 Å². The number of methoxy groups -OCH3 is 1. The largest absolute Gasteiger partial charge is 0.504 e. The number of hydrogen-bond donors (Lipinski definition) is 1. The van der Waals surface area contributed by atoms with E-state index in [9.17, 15) is 5.11 Å². The van der Waals surface area contributed by atoms with Crippen molar-refractivity contribution in [1.29, 1.82) is 0 Å². The van der Waals surface area contributed by atoms with E-state index in [0.29, 0.717) is 29.6 Å². The van der Waals surface area contributed by atoms with Crippen molar-refractivity contribution in [2.24, 2.45) is 5.92 Å². The van der Waals surface area contributed by atoms with E-state index in [1.807, 2.05) is 20.8 Å². The van der Waals surface area contributed by atoms with Gasteiger partial charge in [-0.05, 0) is 31.0 Å². The summed E-state index contributed by atoms with van der Waals surface area (Å²) in [6, 6.07) is 4.93. The van der Waals surface area contributed by atoms with E-state index in [-0.39, 0.29) is 17.8 Å². The molecular weight excluding hydrogens is 272 g/mol.